The zero-order valence-corrected chi connectivity index (χ0v) is 10.8. The van der Waals surface area contributed by atoms with E-state index in [9.17, 15) is 4.79 Å². The molecule has 3 nitrogen and oxygen atoms in total. The average Bonchev–Trinajstić information content (AvgIpc) is 2.95. The van der Waals surface area contributed by atoms with Gasteiger partial charge in [0, 0.05) is 25.6 Å². The number of rotatable bonds is 4. The molecule has 2 rings (SSSR count). The van der Waals surface area contributed by atoms with E-state index < -0.39 is 0 Å². The first-order chi connectivity index (χ1) is 7.16. The number of hydrogen-bond donors (Lipinski definition) is 1. The van der Waals surface area contributed by atoms with Gasteiger partial charge in [-0.25, -0.2) is 0 Å². The van der Waals surface area contributed by atoms with Gasteiger partial charge < -0.3 is 10.6 Å². The van der Waals surface area contributed by atoms with E-state index >= 15 is 0 Å². The van der Waals surface area contributed by atoms with Crippen LogP contribution >= 0.6 is 12.4 Å². The molecule has 0 saturated heterocycles. The van der Waals surface area contributed by atoms with E-state index in [1.807, 2.05) is 11.9 Å². The molecule has 0 aromatic rings. The first-order valence-corrected chi connectivity index (χ1v) is 6.17. The van der Waals surface area contributed by atoms with Crippen molar-refractivity contribution in [2.75, 3.05) is 13.6 Å². The number of hydrogen-bond acceptors (Lipinski definition) is 2. The zero-order chi connectivity index (χ0) is 10.8. The Kier molecular flexibility index (Phi) is 5.06. The highest BCUT2D eigenvalue weighted by molar-refractivity contribution is 5.85. The summed E-state index contributed by atoms with van der Waals surface area (Å²) in [5, 5.41) is 0. The van der Waals surface area contributed by atoms with Gasteiger partial charge in [-0.1, -0.05) is 12.8 Å². The standard InChI is InChI=1S/C12H22N2O.ClH/c1-14(7-6-9-2-3-9)12(15)10-4-5-11(13)8-10;/h9-11H,2-8,13H2,1H3;1H. The van der Waals surface area contributed by atoms with E-state index in [1.54, 1.807) is 0 Å². The third-order valence-electron chi connectivity index (χ3n) is 3.77. The number of amides is 1. The van der Waals surface area contributed by atoms with Crippen molar-refractivity contribution >= 4 is 18.3 Å². The summed E-state index contributed by atoms with van der Waals surface area (Å²) in [6.07, 6.45) is 6.85. The molecule has 0 aromatic carbocycles. The highest BCUT2D eigenvalue weighted by Crippen LogP contribution is 2.32. The molecule has 2 aliphatic carbocycles. The molecule has 1 amide bonds. The summed E-state index contributed by atoms with van der Waals surface area (Å²) in [5.41, 5.74) is 5.82. The number of nitrogens with zero attached hydrogens (tertiary/aromatic N) is 1. The van der Waals surface area contributed by atoms with Crippen molar-refractivity contribution in [2.24, 2.45) is 17.6 Å². The van der Waals surface area contributed by atoms with Gasteiger partial charge in [-0.3, -0.25) is 4.79 Å². The van der Waals surface area contributed by atoms with Crippen molar-refractivity contribution in [2.45, 2.75) is 44.6 Å². The van der Waals surface area contributed by atoms with E-state index in [2.05, 4.69) is 0 Å². The van der Waals surface area contributed by atoms with Crippen LogP contribution in [-0.2, 0) is 4.79 Å². The summed E-state index contributed by atoms with van der Waals surface area (Å²) in [5.74, 6) is 1.44. The summed E-state index contributed by atoms with van der Waals surface area (Å²) < 4.78 is 0. The minimum absolute atomic E-state index is 0. The summed E-state index contributed by atoms with van der Waals surface area (Å²) in [6.45, 7) is 0.940. The lowest BCUT2D eigenvalue weighted by molar-refractivity contribution is -0.134. The predicted octanol–water partition coefficient (Wildman–Crippen LogP) is 1.79. The molecule has 0 heterocycles. The van der Waals surface area contributed by atoms with Crippen LogP contribution in [-0.4, -0.2) is 30.4 Å². The maximum Gasteiger partial charge on any atom is 0.225 e. The van der Waals surface area contributed by atoms with E-state index in [0.717, 1.165) is 31.7 Å². The maximum atomic E-state index is 12.0. The van der Waals surface area contributed by atoms with Gasteiger partial charge in [0.15, 0.2) is 0 Å². The Morgan fingerprint density at radius 3 is 2.50 bits per heavy atom. The van der Waals surface area contributed by atoms with Gasteiger partial charge in [0.25, 0.3) is 0 Å². The van der Waals surface area contributed by atoms with E-state index in [0.29, 0.717) is 5.91 Å². The van der Waals surface area contributed by atoms with Crippen molar-refractivity contribution in [1.29, 1.82) is 0 Å². The van der Waals surface area contributed by atoms with Gasteiger partial charge >= 0.3 is 0 Å². The molecule has 2 aliphatic rings. The maximum absolute atomic E-state index is 12.0. The third kappa shape index (κ3) is 3.63. The van der Waals surface area contributed by atoms with Crippen LogP contribution in [0, 0.1) is 11.8 Å². The van der Waals surface area contributed by atoms with Gasteiger partial charge in [0.05, 0.1) is 0 Å². The SMILES string of the molecule is CN(CCC1CC1)C(=O)C1CCC(N)C1.Cl. The molecule has 0 radical (unpaired) electrons. The van der Waals surface area contributed by atoms with Crippen molar-refractivity contribution in [1.82, 2.24) is 4.90 Å². The van der Waals surface area contributed by atoms with Crippen molar-refractivity contribution < 1.29 is 4.79 Å². The molecule has 2 atom stereocenters. The Morgan fingerprint density at radius 1 is 1.31 bits per heavy atom. The molecule has 0 bridgehead atoms. The van der Waals surface area contributed by atoms with Crippen molar-refractivity contribution in [3.05, 3.63) is 0 Å². The summed E-state index contributed by atoms with van der Waals surface area (Å²) in [6, 6.07) is 0.260. The van der Waals surface area contributed by atoms with Gasteiger partial charge in [-0.05, 0) is 31.6 Å². The van der Waals surface area contributed by atoms with Gasteiger partial charge in [0.1, 0.15) is 0 Å². The quantitative estimate of drug-likeness (QED) is 0.822. The molecule has 4 heteroatoms. The molecule has 2 N–H and O–H groups in total. The van der Waals surface area contributed by atoms with Gasteiger partial charge in [0.2, 0.25) is 5.91 Å². The lowest BCUT2D eigenvalue weighted by atomic mass is 10.1. The Morgan fingerprint density at radius 2 is 2.00 bits per heavy atom. The van der Waals surface area contributed by atoms with Crippen LogP contribution in [0.3, 0.4) is 0 Å². The molecular formula is C12H23ClN2O. The fraction of sp³-hybridized carbons (Fsp3) is 0.917. The van der Waals surface area contributed by atoms with Crippen LogP contribution in [0.1, 0.15) is 38.5 Å². The topological polar surface area (TPSA) is 46.3 Å². The fourth-order valence-corrected chi connectivity index (χ4v) is 2.45. The first kappa shape index (κ1) is 13.8. The summed E-state index contributed by atoms with van der Waals surface area (Å²) in [4.78, 5) is 13.9. The molecule has 2 unspecified atom stereocenters. The second-order valence-corrected chi connectivity index (χ2v) is 5.26. The third-order valence-corrected chi connectivity index (χ3v) is 3.77. The second kappa shape index (κ2) is 5.87. The smallest absolute Gasteiger partial charge is 0.225 e. The van der Waals surface area contributed by atoms with Crippen LogP contribution in [0.5, 0.6) is 0 Å². The van der Waals surface area contributed by atoms with Crippen LogP contribution < -0.4 is 5.73 Å². The second-order valence-electron chi connectivity index (χ2n) is 5.26. The van der Waals surface area contributed by atoms with Crippen molar-refractivity contribution in [3.8, 4) is 0 Å². The summed E-state index contributed by atoms with van der Waals surface area (Å²) >= 11 is 0. The lowest BCUT2D eigenvalue weighted by Crippen LogP contribution is -2.33. The monoisotopic (exact) mass is 246 g/mol. The molecular weight excluding hydrogens is 224 g/mol. The minimum atomic E-state index is 0. The predicted molar refractivity (Wildman–Crippen MR) is 67.5 cm³/mol. The molecule has 2 fully saturated rings. The Hall–Kier alpha value is -0.280. The van der Waals surface area contributed by atoms with E-state index in [-0.39, 0.29) is 24.4 Å². The lowest BCUT2D eigenvalue weighted by Gasteiger charge is -2.20. The minimum Gasteiger partial charge on any atom is -0.346 e. The first-order valence-electron chi connectivity index (χ1n) is 6.17. The highest BCUT2D eigenvalue weighted by Gasteiger charge is 2.30. The molecule has 0 aromatic heterocycles. The zero-order valence-electron chi connectivity index (χ0n) is 10.0. The van der Waals surface area contributed by atoms with Gasteiger partial charge in [-0.2, -0.15) is 0 Å². The Bertz CT molecular complexity index is 243. The van der Waals surface area contributed by atoms with E-state index in [1.165, 1.54) is 19.3 Å². The van der Waals surface area contributed by atoms with Crippen LogP contribution in [0.15, 0.2) is 0 Å². The van der Waals surface area contributed by atoms with Gasteiger partial charge in [-0.15, -0.1) is 12.4 Å². The normalized spacial score (nSPS) is 28.6. The van der Waals surface area contributed by atoms with Crippen molar-refractivity contribution in [3.63, 3.8) is 0 Å². The van der Waals surface area contributed by atoms with Crippen LogP contribution in [0.4, 0.5) is 0 Å². The number of carbonyl (C=O) groups is 1. The largest absolute Gasteiger partial charge is 0.346 e. The van der Waals surface area contributed by atoms with Crippen LogP contribution in [0.2, 0.25) is 0 Å². The molecule has 2 saturated carbocycles. The summed E-state index contributed by atoms with van der Waals surface area (Å²) in [7, 11) is 1.94. The molecule has 16 heavy (non-hydrogen) atoms. The number of nitrogens with two attached hydrogens (primary N) is 1. The van der Waals surface area contributed by atoms with Crippen LogP contribution in [0.25, 0.3) is 0 Å². The number of halogens is 1. The Balaban J connectivity index is 0.00000128. The highest BCUT2D eigenvalue weighted by atomic mass is 35.5. The number of carbonyl (C=O) groups excluding carboxylic acids is 1. The Labute approximate surface area is 104 Å². The molecule has 0 spiro atoms. The molecule has 0 aliphatic heterocycles. The van der Waals surface area contributed by atoms with E-state index in [4.69, 9.17) is 5.73 Å². The fourth-order valence-electron chi connectivity index (χ4n) is 2.45. The molecule has 94 valence electrons. The average molecular weight is 247 g/mol.